The summed E-state index contributed by atoms with van der Waals surface area (Å²) >= 11 is 0. The predicted octanol–water partition coefficient (Wildman–Crippen LogP) is 9.09. The van der Waals surface area contributed by atoms with Crippen molar-refractivity contribution in [3.8, 4) is 5.75 Å². The largest absolute Gasteiger partial charge is 0.508 e. The van der Waals surface area contributed by atoms with Gasteiger partial charge in [0.05, 0.1) is 7.11 Å². The van der Waals surface area contributed by atoms with Gasteiger partial charge >= 0.3 is 11.9 Å². The lowest BCUT2D eigenvalue weighted by Crippen LogP contribution is -2.59. The van der Waals surface area contributed by atoms with Gasteiger partial charge in [-0.1, -0.05) is 58.5 Å². The van der Waals surface area contributed by atoms with Crippen molar-refractivity contribution in [2.45, 2.75) is 148 Å². The van der Waals surface area contributed by atoms with Crippen molar-refractivity contribution in [1.82, 2.24) is 9.80 Å². The first-order valence-corrected chi connectivity index (χ1v) is 20.2. The minimum Gasteiger partial charge on any atom is -0.508 e. The highest BCUT2D eigenvalue weighted by molar-refractivity contribution is 5.69. The Morgan fingerprint density at radius 3 is 1.75 bits per heavy atom. The van der Waals surface area contributed by atoms with Crippen LogP contribution in [0.2, 0.25) is 0 Å². The number of piperidine rings is 2. The third-order valence-electron chi connectivity index (χ3n) is 14.4. The van der Waals surface area contributed by atoms with Crippen molar-refractivity contribution >= 4 is 11.9 Å². The van der Waals surface area contributed by atoms with Crippen molar-refractivity contribution < 1.29 is 24.5 Å². The second-order valence-corrected chi connectivity index (χ2v) is 17.5. The van der Waals surface area contributed by atoms with Gasteiger partial charge in [-0.05, 0) is 155 Å². The van der Waals surface area contributed by atoms with E-state index >= 15 is 0 Å². The molecule has 2 heterocycles. The maximum absolute atomic E-state index is 11.6. The van der Waals surface area contributed by atoms with Crippen molar-refractivity contribution in [3.63, 3.8) is 0 Å². The van der Waals surface area contributed by atoms with Crippen LogP contribution in [0.25, 0.3) is 0 Å². The lowest BCUT2D eigenvalue weighted by Gasteiger charge is -2.56. The summed E-state index contributed by atoms with van der Waals surface area (Å²) in [6.45, 7) is 11.9. The van der Waals surface area contributed by atoms with E-state index in [4.69, 9.17) is 9.84 Å². The molecule has 2 saturated carbocycles. The number of phenols is 1. The molecular weight excluding hydrogens is 661 g/mol. The molecule has 294 valence electrons. The van der Waals surface area contributed by atoms with E-state index in [0.717, 1.165) is 56.9 Å². The van der Waals surface area contributed by atoms with Crippen LogP contribution < -0.4 is 0 Å². The quantitative estimate of drug-likeness (QED) is 0.211. The Kier molecular flexibility index (Phi) is 13.1. The fourth-order valence-corrected chi connectivity index (χ4v) is 11.1. The van der Waals surface area contributed by atoms with Crippen LogP contribution in [0.15, 0.2) is 36.4 Å². The van der Waals surface area contributed by atoms with Gasteiger partial charge in [-0.3, -0.25) is 19.4 Å². The molecule has 53 heavy (non-hydrogen) atoms. The number of carboxylic acid groups (broad SMARTS) is 1. The Labute approximate surface area is 320 Å². The van der Waals surface area contributed by atoms with Gasteiger partial charge in [-0.2, -0.15) is 0 Å². The number of nitrogens with zero attached hydrogens (tertiary/aromatic N) is 2. The number of methoxy groups -OCH3 is 1. The Morgan fingerprint density at radius 2 is 1.26 bits per heavy atom. The molecule has 6 aliphatic rings. The zero-order valence-electron chi connectivity index (χ0n) is 31.7. The molecule has 6 atom stereocenters. The normalized spacial score (nSPS) is 30.0. The van der Waals surface area contributed by atoms with E-state index in [0.29, 0.717) is 42.5 Å². The molecule has 2 saturated heterocycles. The van der Waals surface area contributed by atoms with Gasteiger partial charge in [0.1, 0.15) is 5.75 Å². The Balaban J connectivity index is 0.000000197. The predicted molar refractivity (Wildman–Crippen MR) is 215 cm³/mol. The first-order valence-electron chi connectivity index (χ1n) is 20.2. The summed E-state index contributed by atoms with van der Waals surface area (Å²) in [6, 6.07) is 14.2. The summed E-state index contributed by atoms with van der Waals surface area (Å²) in [6.07, 6.45) is 14.6. The molecule has 7 heteroatoms. The number of likely N-dealkylation sites (tertiary alicyclic amines) is 2. The average Bonchev–Trinajstić information content (AvgIpc) is 4.04. The summed E-state index contributed by atoms with van der Waals surface area (Å²) in [5, 5.41) is 19.2. The maximum Gasteiger partial charge on any atom is 0.305 e. The van der Waals surface area contributed by atoms with Crippen LogP contribution in [0.5, 0.6) is 5.75 Å². The highest BCUT2D eigenvalue weighted by Crippen LogP contribution is 2.54. The van der Waals surface area contributed by atoms with E-state index in [1.54, 1.807) is 0 Å². The standard InChI is InChI=1S/C22H31NO3.C22H31NO2.2CH4/c1-15-20-12-17-7-8-18(24)13-19(17)22(15,9-3-4-21(25)26-2)10-11-23(20)14-16-5-6-16;1-15-5-8-18-13-20-16(2)22(19(18)12-15,9-3-4-21(24)25)10-11-23(20)14-17-6-7-17;;/h7-8,13,15-16,20,24H,3-6,9-12,14H2,1-2H3;5,8,12,16-17,20H,3-4,6-7,9-11,13-14H2,1-2H3,(H,24,25);2*1H4/t15-,20+,22+;16-,20+,22+;;/m00../s1. The Morgan fingerprint density at radius 1 is 0.774 bits per heavy atom. The highest BCUT2D eigenvalue weighted by Gasteiger charge is 2.52. The van der Waals surface area contributed by atoms with Gasteiger partial charge in [0.25, 0.3) is 0 Å². The molecule has 0 spiro atoms. The molecule has 0 radical (unpaired) electrons. The summed E-state index contributed by atoms with van der Waals surface area (Å²) in [7, 11) is 1.46. The Bertz CT molecular complexity index is 1580. The van der Waals surface area contributed by atoms with Gasteiger partial charge in [-0.15, -0.1) is 0 Å². The van der Waals surface area contributed by atoms with Gasteiger partial charge in [-0.25, -0.2) is 0 Å². The van der Waals surface area contributed by atoms with Crippen LogP contribution in [0, 0.1) is 30.6 Å². The van der Waals surface area contributed by atoms with Gasteiger partial charge in [0, 0.05) is 48.8 Å². The number of carbonyl (C=O) groups excluding carboxylic acids is 1. The van der Waals surface area contributed by atoms with Crippen LogP contribution in [0.3, 0.4) is 0 Å². The number of aromatic hydroxyl groups is 1. The average molecular weight is 731 g/mol. The number of carboxylic acids is 1. The van der Waals surface area contributed by atoms with Crippen molar-refractivity contribution in [2.75, 3.05) is 33.3 Å². The number of phenolic OH excluding ortho intramolecular Hbond substituents is 1. The van der Waals surface area contributed by atoms with Gasteiger partial charge in [0.2, 0.25) is 0 Å². The number of rotatable bonds is 12. The third kappa shape index (κ3) is 8.52. The van der Waals surface area contributed by atoms with E-state index < -0.39 is 5.97 Å². The fourth-order valence-electron chi connectivity index (χ4n) is 11.1. The summed E-state index contributed by atoms with van der Waals surface area (Å²) in [5.74, 6) is 2.59. The van der Waals surface area contributed by atoms with E-state index in [1.807, 2.05) is 12.1 Å². The number of benzene rings is 2. The van der Waals surface area contributed by atoms with E-state index in [9.17, 15) is 14.7 Å². The summed E-state index contributed by atoms with van der Waals surface area (Å²) in [4.78, 5) is 28.2. The van der Waals surface area contributed by atoms with Crippen molar-refractivity contribution in [1.29, 1.82) is 0 Å². The second-order valence-electron chi connectivity index (χ2n) is 17.5. The minimum atomic E-state index is -0.660. The molecule has 4 aliphatic carbocycles. The molecule has 2 aromatic rings. The number of hydrogen-bond acceptors (Lipinski definition) is 6. The number of aliphatic carboxylic acids is 1. The van der Waals surface area contributed by atoms with Crippen LogP contribution in [0.4, 0.5) is 0 Å². The number of fused-ring (bicyclic) bond motifs is 8. The first-order chi connectivity index (χ1) is 24.5. The maximum atomic E-state index is 11.6. The zero-order chi connectivity index (χ0) is 35.9. The lowest BCUT2D eigenvalue weighted by molar-refractivity contribution is -0.141. The van der Waals surface area contributed by atoms with E-state index in [2.05, 4.69) is 54.8 Å². The lowest BCUT2D eigenvalue weighted by atomic mass is 9.56. The smallest absolute Gasteiger partial charge is 0.305 e. The van der Waals surface area contributed by atoms with E-state index in [1.165, 1.54) is 93.1 Å². The van der Waals surface area contributed by atoms with Crippen LogP contribution in [0.1, 0.15) is 134 Å². The summed E-state index contributed by atoms with van der Waals surface area (Å²) in [5.41, 5.74) is 7.37. The number of aryl methyl sites for hydroxylation is 1. The van der Waals surface area contributed by atoms with Crippen LogP contribution >= 0.6 is 0 Å². The molecule has 2 aliphatic heterocycles. The SMILES string of the molecule is C.C.COC(=O)CCC[C@]12CCN(CC3CC3)[C@H](Cc3ccc(O)cc31)[C@@H]2C.Cc1ccc2c(c1)[C@]1(CCCC(=O)O)CCN(CC3CC3)[C@H](C2)[C@@H]1C. The topological polar surface area (TPSA) is 90.3 Å². The molecule has 2 N–H and O–H groups in total. The molecule has 0 amide bonds. The molecular formula is C46H70N2O5. The first kappa shape index (κ1) is 41.3. The monoisotopic (exact) mass is 731 g/mol. The second kappa shape index (κ2) is 16.9. The molecule has 7 nitrogen and oxygen atoms in total. The van der Waals surface area contributed by atoms with Crippen molar-refractivity contribution in [2.24, 2.45) is 23.7 Å². The molecule has 0 unspecified atom stereocenters. The van der Waals surface area contributed by atoms with Gasteiger partial charge < -0.3 is 14.9 Å². The number of ether oxygens (including phenoxy) is 1. The fraction of sp³-hybridized carbons (Fsp3) is 0.696. The molecule has 8 rings (SSSR count). The molecule has 2 aromatic carbocycles. The number of hydrogen-bond donors (Lipinski definition) is 2. The third-order valence-corrected chi connectivity index (χ3v) is 14.4. The van der Waals surface area contributed by atoms with Gasteiger partial charge in [0.15, 0.2) is 0 Å². The number of carbonyl (C=O) groups is 2. The zero-order valence-corrected chi connectivity index (χ0v) is 31.7. The highest BCUT2D eigenvalue weighted by atomic mass is 16.5. The number of esters is 1. The molecule has 4 fully saturated rings. The van der Waals surface area contributed by atoms with Crippen molar-refractivity contribution in [3.05, 3.63) is 64.2 Å². The van der Waals surface area contributed by atoms with E-state index in [-0.39, 0.29) is 31.7 Å². The Hall–Kier alpha value is -2.90. The molecule has 4 bridgehead atoms. The minimum absolute atomic E-state index is 0. The van der Waals surface area contributed by atoms with Crippen LogP contribution in [-0.4, -0.2) is 77.3 Å². The van der Waals surface area contributed by atoms with Crippen LogP contribution in [-0.2, 0) is 38.0 Å². The summed E-state index contributed by atoms with van der Waals surface area (Å²) < 4.78 is 4.84. The molecule has 0 aromatic heterocycles.